The first-order valence-electron chi connectivity index (χ1n) is 8.57. The fourth-order valence-corrected chi connectivity index (χ4v) is 2.94. The van der Waals surface area contributed by atoms with Crippen LogP contribution in [0.5, 0.6) is 0 Å². The molecule has 1 aliphatic heterocycles. The summed E-state index contributed by atoms with van der Waals surface area (Å²) < 4.78 is 5.49. The molecule has 0 bridgehead atoms. The SMILES string of the molecule is CC(C)(C)OC(=O)N1CCCC1CNc1cnc2cc(N)ccc2n1. The van der Waals surface area contributed by atoms with E-state index in [1.807, 2.05) is 32.9 Å². The molecule has 1 amide bonds. The van der Waals surface area contributed by atoms with Crippen molar-refractivity contribution in [3.8, 4) is 0 Å². The average Bonchev–Trinajstić information content (AvgIpc) is 3.00. The van der Waals surface area contributed by atoms with Crippen LogP contribution in [0.1, 0.15) is 33.6 Å². The van der Waals surface area contributed by atoms with Gasteiger partial charge in [-0.05, 0) is 51.8 Å². The summed E-state index contributed by atoms with van der Waals surface area (Å²) in [5, 5.41) is 3.29. The van der Waals surface area contributed by atoms with Gasteiger partial charge in [0.25, 0.3) is 0 Å². The average molecular weight is 343 g/mol. The molecule has 0 saturated carbocycles. The number of fused-ring (bicyclic) bond motifs is 1. The summed E-state index contributed by atoms with van der Waals surface area (Å²) in [5.74, 6) is 0.688. The van der Waals surface area contributed by atoms with Crippen molar-refractivity contribution in [3.63, 3.8) is 0 Å². The molecule has 0 spiro atoms. The molecule has 1 saturated heterocycles. The second-order valence-corrected chi connectivity index (χ2v) is 7.35. The van der Waals surface area contributed by atoms with E-state index in [1.165, 1.54) is 0 Å². The predicted octanol–water partition coefficient (Wildman–Crippen LogP) is 3.02. The lowest BCUT2D eigenvalue weighted by atomic mass is 10.2. The van der Waals surface area contributed by atoms with Gasteiger partial charge in [-0.15, -0.1) is 0 Å². The van der Waals surface area contributed by atoms with Gasteiger partial charge < -0.3 is 20.7 Å². The maximum atomic E-state index is 12.3. The number of hydrogen-bond donors (Lipinski definition) is 2. The molecular formula is C18H25N5O2. The summed E-state index contributed by atoms with van der Waals surface area (Å²) >= 11 is 0. The van der Waals surface area contributed by atoms with E-state index in [9.17, 15) is 4.79 Å². The zero-order chi connectivity index (χ0) is 18.0. The quantitative estimate of drug-likeness (QED) is 0.832. The molecule has 1 unspecified atom stereocenters. The Morgan fingerprint density at radius 1 is 1.40 bits per heavy atom. The van der Waals surface area contributed by atoms with Crippen LogP contribution in [0.2, 0.25) is 0 Å². The van der Waals surface area contributed by atoms with E-state index < -0.39 is 5.60 Å². The molecular weight excluding hydrogens is 318 g/mol. The third kappa shape index (κ3) is 4.29. The number of benzene rings is 1. The molecule has 2 heterocycles. The first kappa shape index (κ1) is 17.3. The number of likely N-dealkylation sites (tertiary alicyclic amines) is 1. The Kier molecular flexibility index (Phi) is 4.65. The Morgan fingerprint density at radius 2 is 2.20 bits per heavy atom. The Bertz CT molecular complexity index is 772. The number of nitrogens with one attached hydrogen (secondary N) is 1. The minimum absolute atomic E-state index is 0.0961. The highest BCUT2D eigenvalue weighted by molar-refractivity contribution is 5.79. The van der Waals surface area contributed by atoms with E-state index in [2.05, 4.69) is 15.3 Å². The maximum Gasteiger partial charge on any atom is 0.410 e. The Morgan fingerprint density at radius 3 is 2.96 bits per heavy atom. The number of amides is 1. The lowest BCUT2D eigenvalue weighted by Crippen LogP contribution is -2.42. The van der Waals surface area contributed by atoms with E-state index >= 15 is 0 Å². The summed E-state index contributed by atoms with van der Waals surface area (Å²) in [5.41, 5.74) is 7.50. The van der Waals surface area contributed by atoms with Crippen molar-refractivity contribution in [3.05, 3.63) is 24.4 Å². The van der Waals surface area contributed by atoms with Gasteiger partial charge in [0.05, 0.1) is 23.3 Å². The molecule has 0 aliphatic carbocycles. The van der Waals surface area contributed by atoms with Gasteiger partial charge in [-0.3, -0.25) is 4.98 Å². The van der Waals surface area contributed by atoms with Gasteiger partial charge in [0.1, 0.15) is 11.4 Å². The molecule has 7 nitrogen and oxygen atoms in total. The van der Waals surface area contributed by atoms with Crippen molar-refractivity contribution in [1.82, 2.24) is 14.9 Å². The third-order valence-electron chi connectivity index (χ3n) is 4.09. The number of nitrogen functional groups attached to an aromatic ring is 1. The van der Waals surface area contributed by atoms with E-state index in [0.29, 0.717) is 18.1 Å². The van der Waals surface area contributed by atoms with Crippen molar-refractivity contribution < 1.29 is 9.53 Å². The molecule has 1 fully saturated rings. The van der Waals surface area contributed by atoms with Crippen LogP contribution in [0.15, 0.2) is 24.4 Å². The minimum Gasteiger partial charge on any atom is -0.444 e. The number of nitrogens with zero attached hydrogens (tertiary/aromatic N) is 3. The van der Waals surface area contributed by atoms with Gasteiger partial charge >= 0.3 is 6.09 Å². The number of hydrogen-bond acceptors (Lipinski definition) is 6. The van der Waals surface area contributed by atoms with E-state index in [1.54, 1.807) is 17.2 Å². The van der Waals surface area contributed by atoms with E-state index in [4.69, 9.17) is 10.5 Å². The lowest BCUT2D eigenvalue weighted by Gasteiger charge is -2.28. The van der Waals surface area contributed by atoms with Gasteiger partial charge in [-0.25, -0.2) is 9.78 Å². The fraction of sp³-hybridized carbons (Fsp3) is 0.500. The topological polar surface area (TPSA) is 93.4 Å². The Hall–Kier alpha value is -2.57. The number of ether oxygens (including phenoxy) is 1. The van der Waals surface area contributed by atoms with Crippen LogP contribution in [-0.2, 0) is 4.74 Å². The van der Waals surface area contributed by atoms with Crippen molar-refractivity contribution in [1.29, 1.82) is 0 Å². The van der Waals surface area contributed by atoms with Crippen molar-refractivity contribution in [2.75, 3.05) is 24.1 Å². The summed E-state index contributed by atoms with van der Waals surface area (Å²) in [6, 6.07) is 5.56. The minimum atomic E-state index is -0.483. The van der Waals surface area contributed by atoms with Crippen molar-refractivity contribution in [2.45, 2.75) is 45.3 Å². The molecule has 1 aromatic heterocycles. The molecule has 1 aromatic carbocycles. The van der Waals surface area contributed by atoms with Crippen LogP contribution in [0.3, 0.4) is 0 Å². The van der Waals surface area contributed by atoms with Crippen LogP contribution >= 0.6 is 0 Å². The second kappa shape index (κ2) is 6.74. The van der Waals surface area contributed by atoms with Crippen LogP contribution in [0, 0.1) is 0 Å². The molecule has 0 radical (unpaired) electrons. The number of carbonyl (C=O) groups is 1. The van der Waals surface area contributed by atoms with Crippen LogP contribution in [0.4, 0.5) is 16.3 Å². The lowest BCUT2D eigenvalue weighted by molar-refractivity contribution is 0.0235. The van der Waals surface area contributed by atoms with Gasteiger partial charge in [0, 0.05) is 18.8 Å². The van der Waals surface area contributed by atoms with E-state index in [0.717, 1.165) is 30.4 Å². The zero-order valence-electron chi connectivity index (χ0n) is 15.0. The standard InChI is InChI=1S/C18H25N5O2/c1-18(2,3)25-17(24)23-8-4-5-13(23)10-21-16-11-20-15-9-12(19)6-7-14(15)22-16/h6-7,9,11,13H,4-5,8,10,19H2,1-3H3,(H,21,22). The summed E-state index contributed by atoms with van der Waals surface area (Å²) in [6.07, 6.45) is 3.36. The molecule has 2 aromatic rings. The first-order valence-corrected chi connectivity index (χ1v) is 8.57. The van der Waals surface area contributed by atoms with Crippen LogP contribution in [-0.4, -0.2) is 45.7 Å². The largest absolute Gasteiger partial charge is 0.444 e. The first-order chi connectivity index (χ1) is 11.8. The molecule has 25 heavy (non-hydrogen) atoms. The monoisotopic (exact) mass is 343 g/mol. The molecule has 1 aliphatic rings. The highest BCUT2D eigenvalue weighted by Gasteiger charge is 2.31. The highest BCUT2D eigenvalue weighted by Crippen LogP contribution is 2.21. The molecule has 134 valence electrons. The van der Waals surface area contributed by atoms with Gasteiger partial charge in [0.15, 0.2) is 0 Å². The van der Waals surface area contributed by atoms with Crippen LogP contribution in [0.25, 0.3) is 11.0 Å². The van der Waals surface area contributed by atoms with Crippen molar-refractivity contribution in [2.24, 2.45) is 0 Å². The third-order valence-corrected chi connectivity index (χ3v) is 4.09. The van der Waals surface area contributed by atoms with Crippen molar-refractivity contribution >= 4 is 28.6 Å². The van der Waals surface area contributed by atoms with Crippen LogP contribution < -0.4 is 11.1 Å². The summed E-state index contributed by atoms with van der Waals surface area (Å²) in [6.45, 7) is 6.99. The smallest absolute Gasteiger partial charge is 0.410 e. The Labute approximate surface area is 147 Å². The fourth-order valence-electron chi connectivity index (χ4n) is 2.94. The molecule has 3 rings (SSSR count). The summed E-state index contributed by atoms with van der Waals surface area (Å²) in [4.78, 5) is 23.0. The normalized spacial score (nSPS) is 17.7. The highest BCUT2D eigenvalue weighted by atomic mass is 16.6. The number of aromatic nitrogens is 2. The maximum absolute atomic E-state index is 12.3. The van der Waals surface area contributed by atoms with Gasteiger partial charge in [0.2, 0.25) is 0 Å². The second-order valence-electron chi connectivity index (χ2n) is 7.35. The molecule has 1 atom stereocenters. The predicted molar refractivity (Wildman–Crippen MR) is 98.4 cm³/mol. The number of rotatable bonds is 3. The Balaban J connectivity index is 1.64. The molecule has 7 heteroatoms. The van der Waals surface area contributed by atoms with Gasteiger partial charge in [-0.1, -0.05) is 0 Å². The molecule has 3 N–H and O–H groups in total. The number of carbonyl (C=O) groups excluding carboxylic acids is 1. The van der Waals surface area contributed by atoms with E-state index in [-0.39, 0.29) is 12.1 Å². The number of anilines is 2. The number of nitrogens with two attached hydrogens (primary N) is 1. The summed E-state index contributed by atoms with van der Waals surface area (Å²) in [7, 11) is 0. The zero-order valence-corrected chi connectivity index (χ0v) is 15.0. The van der Waals surface area contributed by atoms with Gasteiger partial charge in [-0.2, -0.15) is 0 Å².